The Morgan fingerprint density at radius 3 is 2.62 bits per heavy atom. The van der Waals surface area contributed by atoms with Gasteiger partial charge in [-0.15, -0.1) is 0 Å². The van der Waals surface area contributed by atoms with Gasteiger partial charge in [-0.2, -0.15) is 5.10 Å². The number of H-pyrrole nitrogens is 1. The summed E-state index contributed by atoms with van der Waals surface area (Å²) >= 11 is 12.5. The zero-order chi connectivity index (χ0) is 16.7. The maximum atomic E-state index is 6.26. The standard InChI is InChI=1S/C15H11Cl2N7/c1-24-6-5-10(23-24)20-14-12-15(19-7-18-14)22-13(21-12)11-8(16)3-2-4-9(11)17/h2-7H,1H3,(H2,18,19,20,21,22,23). The number of aromatic amines is 1. The summed E-state index contributed by atoms with van der Waals surface area (Å²) in [4.78, 5) is 16.1. The lowest BCUT2D eigenvalue weighted by Crippen LogP contribution is -1.97. The number of hydrogen-bond acceptors (Lipinski definition) is 5. The van der Waals surface area contributed by atoms with Crippen molar-refractivity contribution < 1.29 is 0 Å². The molecule has 3 heterocycles. The molecule has 3 aromatic heterocycles. The molecule has 0 bridgehead atoms. The number of aryl methyl sites for hydroxylation is 1. The zero-order valence-electron chi connectivity index (χ0n) is 12.5. The molecule has 0 amide bonds. The molecule has 0 saturated heterocycles. The Morgan fingerprint density at radius 2 is 1.92 bits per heavy atom. The number of aromatic nitrogens is 6. The van der Waals surface area contributed by atoms with Gasteiger partial charge in [0.2, 0.25) is 0 Å². The molecule has 24 heavy (non-hydrogen) atoms. The Kier molecular flexibility index (Phi) is 3.59. The predicted molar refractivity (Wildman–Crippen MR) is 93.6 cm³/mol. The molecule has 0 unspecified atom stereocenters. The maximum Gasteiger partial charge on any atom is 0.183 e. The lowest BCUT2D eigenvalue weighted by Gasteiger charge is -2.03. The van der Waals surface area contributed by atoms with Gasteiger partial charge in [0.1, 0.15) is 17.7 Å². The van der Waals surface area contributed by atoms with Crippen LogP contribution in [-0.2, 0) is 7.05 Å². The largest absolute Gasteiger partial charge is 0.333 e. The average Bonchev–Trinajstić information content (AvgIpc) is 3.14. The highest BCUT2D eigenvalue weighted by Crippen LogP contribution is 2.34. The first-order valence-electron chi connectivity index (χ1n) is 7.03. The Labute approximate surface area is 146 Å². The summed E-state index contributed by atoms with van der Waals surface area (Å²) in [5, 5.41) is 8.43. The number of halogens is 2. The SMILES string of the molecule is Cn1ccc(Nc2ncnc3nc(-c4c(Cl)cccc4Cl)[nH]c23)n1. The van der Waals surface area contributed by atoms with E-state index in [1.165, 1.54) is 6.33 Å². The number of nitrogens with zero attached hydrogens (tertiary/aromatic N) is 5. The second-order valence-electron chi connectivity index (χ2n) is 5.10. The van der Waals surface area contributed by atoms with Crippen molar-refractivity contribution in [2.45, 2.75) is 0 Å². The molecule has 9 heteroatoms. The molecule has 4 rings (SSSR count). The van der Waals surface area contributed by atoms with Crippen molar-refractivity contribution in [2.24, 2.45) is 7.05 Å². The lowest BCUT2D eigenvalue weighted by atomic mass is 10.2. The van der Waals surface area contributed by atoms with E-state index in [-0.39, 0.29) is 0 Å². The number of imidazole rings is 1. The number of fused-ring (bicyclic) bond motifs is 1. The molecule has 7 nitrogen and oxygen atoms in total. The molecular formula is C15H11Cl2N7. The number of hydrogen-bond donors (Lipinski definition) is 2. The minimum absolute atomic E-state index is 0.508. The summed E-state index contributed by atoms with van der Waals surface area (Å²) in [5.74, 6) is 1.77. The summed E-state index contributed by atoms with van der Waals surface area (Å²) in [6, 6.07) is 7.14. The van der Waals surface area contributed by atoms with Gasteiger partial charge in [0.15, 0.2) is 17.3 Å². The first kappa shape index (κ1) is 14.9. The third-order valence-corrected chi connectivity index (χ3v) is 4.08. The average molecular weight is 360 g/mol. The van der Waals surface area contributed by atoms with E-state index in [2.05, 4.69) is 30.4 Å². The van der Waals surface area contributed by atoms with E-state index < -0.39 is 0 Å². The molecule has 0 aliphatic carbocycles. The molecule has 1 aromatic carbocycles. The Hall–Kier alpha value is -2.64. The molecule has 2 N–H and O–H groups in total. The lowest BCUT2D eigenvalue weighted by molar-refractivity contribution is 0.771. The normalized spacial score (nSPS) is 11.1. The van der Waals surface area contributed by atoms with Crippen molar-refractivity contribution >= 4 is 46.0 Å². The fraction of sp³-hybridized carbons (Fsp3) is 0.0667. The molecule has 0 aliphatic heterocycles. The van der Waals surface area contributed by atoms with Crippen LogP contribution in [0.4, 0.5) is 11.6 Å². The summed E-state index contributed by atoms with van der Waals surface area (Å²) in [6.07, 6.45) is 3.27. The monoisotopic (exact) mass is 359 g/mol. The number of rotatable bonds is 3. The number of benzene rings is 1. The van der Waals surface area contributed by atoms with Gasteiger partial charge in [-0.3, -0.25) is 4.68 Å². The second-order valence-corrected chi connectivity index (χ2v) is 5.92. The topological polar surface area (TPSA) is 84.3 Å². The van der Waals surface area contributed by atoms with Gasteiger partial charge in [-0.25, -0.2) is 15.0 Å². The highest BCUT2D eigenvalue weighted by molar-refractivity contribution is 6.39. The Balaban J connectivity index is 1.82. The van der Waals surface area contributed by atoms with E-state index in [0.29, 0.717) is 44.2 Å². The van der Waals surface area contributed by atoms with E-state index >= 15 is 0 Å². The summed E-state index contributed by atoms with van der Waals surface area (Å²) < 4.78 is 1.70. The molecule has 0 radical (unpaired) electrons. The van der Waals surface area contributed by atoms with Crippen molar-refractivity contribution in [3.05, 3.63) is 46.8 Å². The smallest absolute Gasteiger partial charge is 0.183 e. The van der Waals surface area contributed by atoms with Crippen LogP contribution >= 0.6 is 23.2 Å². The van der Waals surface area contributed by atoms with Gasteiger partial charge in [0.05, 0.1) is 15.6 Å². The van der Waals surface area contributed by atoms with Crippen LogP contribution in [0, 0.1) is 0 Å². The van der Waals surface area contributed by atoms with Gasteiger partial charge in [0, 0.05) is 19.3 Å². The molecule has 0 atom stereocenters. The van der Waals surface area contributed by atoms with E-state index in [4.69, 9.17) is 23.2 Å². The van der Waals surface area contributed by atoms with Crippen LogP contribution < -0.4 is 5.32 Å². The molecule has 0 saturated carbocycles. The highest BCUT2D eigenvalue weighted by atomic mass is 35.5. The van der Waals surface area contributed by atoms with E-state index in [1.54, 1.807) is 22.9 Å². The minimum atomic E-state index is 0.508. The molecule has 4 aromatic rings. The minimum Gasteiger partial charge on any atom is -0.333 e. The quantitative estimate of drug-likeness (QED) is 0.581. The molecule has 120 valence electrons. The Bertz CT molecular complexity index is 1020. The van der Waals surface area contributed by atoms with Crippen molar-refractivity contribution in [2.75, 3.05) is 5.32 Å². The van der Waals surface area contributed by atoms with Gasteiger partial charge in [-0.1, -0.05) is 29.3 Å². The van der Waals surface area contributed by atoms with Crippen LogP contribution in [0.3, 0.4) is 0 Å². The van der Waals surface area contributed by atoms with Crippen LogP contribution in [0.1, 0.15) is 0 Å². The van der Waals surface area contributed by atoms with Gasteiger partial charge in [-0.05, 0) is 12.1 Å². The fourth-order valence-corrected chi connectivity index (χ4v) is 2.95. The van der Waals surface area contributed by atoms with Crippen LogP contribution in [0.5, 0.6) is 0 Å². The van der Waals surface area contributed by atoms with E-state index in [0.717, 1.165) is 0 Å². The molecule has 0 spiro atoms. The fourth-order valence-electron chi connectivity index (χ4n) is 2.37. The third kappa shape index (κ3) is 2.57. The molecule has 0 aliphatic rings. The van der Waals surface area contributed by atoms with Crippen molar-refractivity contribution in [3.63, 3.8) is 0 Å². The number of anilines is 2. The second kappa shape index (κ2) is 5.77. The first-order valence-corrected chi connectivity index (χ1v) is 7.79. The maximum absolute atomic E-state index is 6.26. The van der Waals surface area contributed by atoms with Crippen LogP contribution in [-0.4, -0.2) is 29.7 Å². The Morgan fingerprint density at radius 1 is 1.12 bits per heavy atom. The van der Waals surface area contributed by atoms with Gasteiger partial charge >= 0.3 is 0 Å². The number of nitrogens with one attached hydrogen (secondary N) is 2. The van der Waals surface area contributed by atoms with Crippen molar-refractivity contribution in [1.29, 1.82) is 0 Å². The van der Waals surface area contributed by atoms with Gasteiger partial charge < -0.3 is 10.3 Å². The van der Waals surface area contributed by atoms with Crippen LogP contribution in [0.25, 0.3) is 22.6 Å². The summed E-state index contributed by atoms with van der Waals surface area (Å²) in [6.45, 7) is 0. The first-order chi connectivity index (χ1) is 11.6. The van der Waals surface area contributed by atoms with E-state index in [1.807, 2.05) is 19.3 Å². The molecular weight excluding hydrogens is 349 g/mol. The highest BCUT2D eigenvalue weighted by Gasteiger charge is 2.16. The van der Waals surface area contributed by atoms with Crippen molar-refractivity contribution in [1.82, 2.24) is 29.7 Å². The predicted octanol–water partition coefficient (Wildman–Crippen LogP) is 3.80. The summed E-state index contributed by atoms with van der Waals surface area (Å²) in [7, 11) is 1.84. The third-order valence-electron chi connectivity index (χ3n) is 3.45. The summed E-state index contributed by atoms with van der Waals surface area (Å²) in [5.41, 5.74) is 1.78. The van der Waals surface area contributed by atoms with E-state index in [9.17, 15) is 0 Å². The molecule has 0 fully saturated rings. The van der Waals surface area contributed by atoms with Gasteiger partial charge in [0.25, 0.3) is 0 Å². The van der Waals surface area contributed by atoms with Crippen molar-refractivity contribution in [3.8, 4) is 11.4 Å². The van der Waals surface area contributed by atoms with Crippen LogP contribution in [0.2, 0.25) is 10.0 Å². The zero-order valence-corrected chi connectivity index (χ0v) is 14.0. The van der Waals surface area contributed by atoms with Crippen LogP contribution in [0.15, 0.2) is 36.8 Å².